The van der Waals surface area contributed by atoms with Crippen molar-refractivity contribution in [2.45, 2.75) is 173 Å². The SMILES string of the molecule is CC1(C)CC[C@]2(C(=O)O[C@@H]3O[C@H](CO)[C@H](O)[C@H](O)[C@@H]3O)CC[C@]3(C)C(=CC[C@@H]4[C@@]5(C)C[C@H](O)[C@H](O[C@@H]6O[C@H](CO)[C@H](O)[C@H](O)[C@H]6O)[C@@](C)(CO)[C@H]5CC[C@]43C)[C@@H]2C1. The van der Waals surface area contributed by atoms with E-state index in [1.54, 1.807) is 0 Å². The van der Waals surface area contributed by atoms with E-state index in [-0.39, 0.29) is 40.6 Å². The van der Waals surface area contributed by atoms with Crippen molar-refractivity contribution in [3.63, 3.8) is 0 Å². The van der Waals surface area contributed by atoms with Crippen LogP contribution in [0.1, 0.15) is 99.3 Å². The van der Waals surface area contributed by atoms with Crippen molar-refractivity contribution in [1.29, 1.82) is 0 Å². The van der Waals surface area contributed by atoms with Gasteiger partial charge >= 0.3 is 5.97 Å². The molecule has 0 aromatic heterocycles. The van der Waals surface area contributed by atoms with Crippen molar-refractivity contribution >= 4 is 5.97 Å². The van der Waals surface area contributed by atoms with Crippen LogP contribution in [-0.4, -0.2) is 150 Å². The molecule has 20 atom stereocenters. The number of carbonyl (C=O) groups is 1. The van der Waals surface area contributed by atoms with Gasteiger partial charge in [-0.2, -0.15) is 0 Å². The van der Waals surface area contributed by atoms with Crippen molar-refractivity contribution < 1.29 is 74.8 Å². The lowest BCUT2D eigenvalue weighted by atomic mass is 9.33. The minimum Gasteiger partial charge on any atom is -0.432 e. The minimum absolute atomic E-state index is 0.0661. The van der Waals surface area contributed by atoms with Crippen LogP contribution in [0.2, 0.25) is 0 Å². The molecule has 57 heavy (non-hydrogen) atoms. The van der Waals surface area contributed by atoms with Crippen LogP contribution in [0, 0.1) is 50.2 Å². The first-order valence-electron chi connectivity index (χ1n) is 21.1. The van der Waals surface area contributed by atoms with Gasteiger partial charge in [0.15, 0.2) is 6.29 Å². The van der Waals surface area contributed by atoms with Crippen LogP contribution in [0.5, 0.6) is 0 Å². The molecule has 6 fully saturated rings. The zero-order valence-electron chi connectivity index (χ0n) is 34.2. The van der Waals surface area contributed by atoms with Gasteiger partial charge in [-0.25, -0.2) is 0 Å². The Labute approximate surface area is 335 Å². The Bertz CT molecular complexity index is 1540. The third kappa shape index (κ3) is 6.43. The summed E-state index contributed by atoms with van der Waals surface area (Å²) in [6.07, 6.45) is -9.20. The number of hydrogen-bond acceptors (Lipinski definition) is 15. The summed E-state index contributed by atoms with van der Waals surface area (Å²) in [5.74, 6) is -0.763. The fourth-order valence-corrected chi connectivity index (χ4v) is 13.7. The summed E-state index contributed by atoms with van der Waals surface area (Å²) in [6.45, 7) is 11.6. The molecule has 10 N–H and O–H groups in total. The second kappa shape index (κ2) is 14.9. The first-order valence-corrected chi connectivity index (χ1v) is 21.1. The molecule has 2 heterocycles. The summed E-state index contributed by atoms with van der Waals surface area (Å²) < 4.78 is 23.6. The van der Waals surface area contributed by atoms with Crippen LogP contribution in [0.15, 0.2) is 11.6 Å². The van der Waals surface area contributed by atoms with Gasteiger partial charge in [-0.15, -0.1) is 0 Å². The van der Waals surface area contributed by atoms with E-state index < -0.39 is 109 Å². The molecule has 0 unspecified atom stereocenters. The summed E-state index contributed by atoms with van der Waals surface area (Å²) in [4.78, 5) is 14.6. The lowest BCUT2D eigenvalue weighted by Crippen LogP contribution is -2.69. The van der Waals surface area contributed by atoms with E-state index in [1.807, 2.05) is 6.92 Å². The average Bonchev–Trinajstić information content (AvgIpc) is 3.16. The van der Waals surface area contributed by atoms with Gasteiger partial charge in [-0.1, -0.05) is 53.2 Å². The first kappa shape index (κ1) is 43.8. The van der Waals surface area contributed by atoms with Gasteiger partial charge in [0.05, 0.1) is 37.4 Å². The molecule has 4 saturated carbocycles. The second-order valence-electron chi connectivity index (χ2n) is 20.7. The van der Waals surface area contributed by atoms with E-state index in [1.165, 1.54) is 5.57 Å². The zero-order valence-corrected chi connectivity index (χ0v) is 34.2. The largest absolute Gasteiger partial charge is 0.432 e. The zero-order chi connectivity index (χ0) is 41.8. The van der Waals surface area contributed by atoms with Gasteiger partial charge < -0.3 is 70.0 Å². The summed E-state index contributed by atoms with van der Waals surface area (Å²) in [5.41, 5.74) is -1.89. The molecule has 326 valence electrons. The van der Waals surface area contributed by atoms with Crippen molar-refractivity contribution in [1.82, 2.24) is 0 Å². The molecule has 7 rings (SSSR count). The number of carbonyl (C=O) groups excluding carboxylic acids is 1. The standard InChI is InChI=1S/C42H68O15/c1-37(2)11-13-42(36(53)57-35-32(52)30(50)28(48)24(18-44)55-35)14-12-40(5)20(21(42)15-37)7-8-26-38(3)16-22(46)33(39(4,19-45)25(38)9-10-41(26,40)6)56-34-31(51)29(49)27(47)23(17-43)54-34/h7,21-35,43-52H,8-19H2,1-6H3/t21-,22-,23+,24+,25-,26+,27-,28-,29-,30-,31+,32-,33-,34-,35-,38-,39-,40+,41+,42-/m0/s1. The molecule has 7 aliphatic rings. The molecule has 0 amide bonds. The Morgan fingerprint density at radius 2 is 1.30 bits per heavy atom. The van der Waals surface area contributed by atoms with Gasteiger partial charge in [0.25, 0.3) is 0 Å². The topological polar surface area (TPSA) is 256 Å². The quantitative estimate of drug-likeness (QED) is 0.0940. The lowest BCUT2D eigenvalue weighted by Gasteiger charge is -2.72. The number of ether oxygens (including phenoxy) is 4. The molecule has 2 aliphatic heterocycles. The predicted octanol–water partition coefficient (Wildman–Crippen LogP) is 0.260. The van der Waals surface area contributed by atoms with Gasteiger partial charge in [-0.3, -0.25) is 4.79 Å². The van der Waals surface area contributed by atoms with Crippen LogP contribution in [-0.2, 0) is 23.7 Å². The third-order valence-corrected chi connectivity index (χ3v) is 17.3. The summed E-state index contributed by atoms with van der Waals surface area (Å²) >= 11 is 0. The molecular weight excluding hydrogens is 744 g/mol. The van der Waals surface area contributed by atoms with Crippen LogP contribution >= 0.6 is 0 Å². The highest BCUT2D eigenvalue weighted by Crippen LogP contribution is 2.76. The maximum Gasteiger partial charge on any atom is 0.315 e. The fourth-order valence-electron chi connectivity index (χ4n) is 13.7. The molecule has 15 heteroatoms. The van der Waals surface area contributed by atoms with Gasteiger partial charge in [0.1, 0.15) is 48.8 Å². The number of fused-ring (bicyclic) bond motifs is 7. The number of aliphatic hydroxyl groups excluding tert-OH is 10. The van der Waals surface area contributed by atoms with Gasteiger partial charge in [-0.05, 0) is 97.2 Å². The van der Waals surface area contributed by atoms with Crippen LogP contribution in [0.25, 0.3) is 0 Å². The summed E-state index contributed by atoms with van der Waals surface area (Å²) in [6, 6.07) is 0. The number of rotatable bonds is 7. The van der Waals surface area contributed by atoms with Gasteiger partial charge in [0.2, 0.25) is 6.29 Å². The van der Waals surface area contributed by atoms with E-state index >= 15 is 0 Å². The highest BCUT2D eigenvalue weighted by Gasteiger charge is 2.71. The molecule has 0 aromatic rings. The molecular formula is C42H68O15. The summed E-state index contributed by atoms with van der Waals surface area (Å²) in [7, 11) is 0. The Morgan fingerprint density at radius 1 is 0.719 bits per heavy atom. The Morgan fingerprint density at radius 3 is 1.89 bits per heavy atom. The Kier molecular flexibility index (Phi) is 11.5. The first-order chi connectivity index (χ1) is 26.6. The highest BCUT2D eigenvalue weighted by atomic mass is 16.7. The monoisotopic (exact) mass is 812 g/mol. The van der Waals surface area contributed by atoms with Crippen molar-refractivity contribution in [3.8, 4) is 0 Å². The van der Waals surface area contributed by atoms with Crippen molar-refractivity contribution in [2.24, 2.45) is 50.2 Å². The van der Waals surface area contributed by atoms with Crippen molar-refractivity contribution in [3.05, 3.63) is 11.6 Å². The Balaban J connectivity index is 1.19. The van der Waals surface area contributed by atoms with E-state index in [2.05, 4.69) is 40.7 Å². The molecule has 15 nitrogen and oxygen atoms in total. The normalized spacial score (nSPS) is 54.7. The fraction of sp³-hybridized carbons (Fsp3) is 0.929. The van der Waals surface area contributed by atoms with Crippen molar-refractivity contribution in [2.75, 3.05) is 19.8 Å². The molecule has 5 aliphatic carbocycles. The van der Waals surface area contributed by atoms with Crippen LogP contribution < -0.4 is 0 Å². The van der Waals surface area contributed by atoms with E-state index in [0.717, 1.165) is 19.3 Å². The average molecular weight is 813 g/mol. The van der Waals surface area contributed by atoms with Gasteiger partial charge in [0, 0.05) is 5.41 Å². The molecule has 0 radical (unpaired) electrons. The second-order valence-corrected chi connectivity index (χ2v) is 20.7. The molecule has 0 bridgehead atoms. The van der Waals surface area contributed by atoms with Crippen LogP contribution in [0.4, 0.5) is 0 Å². The number of allylic oxidation sites excluding steroid dienone is 2. The summed E-state index contributed by atoms with van der Waals surface area (Å²) in [5, 5.41) is 106. The third-order valence-electron chi connectivity index (χ3n) is 17.3. The maximum absolute atomic E-state index is 14.6. The van der Waals surface area contributed by atoms with E-state index in [9.17, 15) is 55.9 Å². The lowest BCUT2D eigenvalue weighted by molar-refractivity contribution is -0.345. The van der Waals surface area contributed by atoms with E-state index in [4.69, 9.17) is 18.9 Å². The highest BCUT2D eigenvalue weighted by molar-refractivity contribution is 5.79. The molecule has 0 aromatic carbocycles. The Hall–Kier alpha value is -1.31. The molecule has 2 saturated heterocycles. The van der Waals surface area contributed by atoms with E-state index in [0.29, 0.717) is 38.5 Å². The predicted molar refractivity (Wildman–Crippen MR) is 200 cm³/mol. The van der Waals surface area contributed by atoms with Crippen LogP contribution in [0.3, 0.4) is 0 Å². The number of aliphatic hydroxyl groups is 10. The number of hydrogen-bond donors (Lipinski definition) is 10. The smallest absolute Gasteiger partial charge is 0.315 e. The number of esters is 1. The molecule has 0 spiro atoms. The minimum atomic E-state index is -1.70. The maximum atomic E-state index is 14.6.